The summed E-state index contributed by atoms with van der Waals surface area (Å²) in [6, 6.07) is 12.6. The van der Waals surface area contributed by atoms with E-state index in [9.17, 15) is 13.4 Å². The van der Waals surface area contributed by atoms with Gasteiger partial charge in [0.2, 0.25) is 0 Å². The molecule has 29 heavy (non-hydrogen) atoms. The number of anilines is 1. The van der Waals surface area contributed by atoms with Crippen molar-refractivity contribution in [1.82, 2.24) is 4.90 Å². The van der Waals surface area contributed by atoms with Crippen LogP contribution in [0.15, 0.2) is 42.5 Å². The molecule has 0 saturated carbocycles. The molecule has 160 valence electrons. The Morgan fingerprint density at radius 3 is 2.45 bits per heavy atom. The first-order valence-corrected chi connectivity index (χ1v) is 12.2. The molecule has 0 fully saturated rings. The van der Waals surface area contributed by atoms with Crippen molar-refractivity contribution >= 4 is 21.7 Å². The van der Waals surface area contributed by atoms with Crippen molar-refractivity contribution in [2.45, 2.75) is 39.5 Å². The van der Waals surface area contributed by atoms with Crippen molar-refractivity contribution in [3.05, 3.63) is 65.0 Å². The Morgan fingerprint density at radius 1 is 1.17 bits per heavy atom. The third-order valence-electron chi connectivity index (χ3n) is 4.96. The Labute approximate surface area is 175 Å². The molecule has 1 N–H and O–H groups in total. The fourth-order valence-corrected chi connectivity index (χ4v) is 4.73. The number of amides is 1. The molecule has 2 aromatic carbocycles. The molecular weight excluding hydrogens is 387 g/mol. The Balaban J connectivity index is 1.95. The highest BCUT2D eigenvalue weighted by atomic mass is 32.3. The molecule has 0 aliphatic heterocycles. The molecule has 0 unspecified atom stereocenters. The highest BCUT2D eigenvalue weighted by Gasteiger charge is 2.19. The zero-order chi connectivity index (χ0) is 21.8. The monoisotopic (exact) mass is 420 g/mol. The third-order valence-corrected chi connectivity index (χ3v) is 6.86. The van der Waals surface area contributed by atoms with Gasteiger partial charge in [-0.1, -0.05) is 45.0 Å². The number of nitrogens with one attached hydrogen (secondary N) is 1. The Kier molecular flexibility index (Phi) is 7.22. The molecule has 2 aromatic rings. The molecule has 0 bridgehead atoms. The van der Waals surface area contributed by atoms with Gasteiger partial charge < -0.3 is 9.62 Å². The van der Waals surface area contributed by atoms with E-state index in [0.29, 0.717) is 24.3 Å². The molecule has 0 heterocycles. The van der Waals surface area contributed by atoms with Crippen molar-refractivity contribution < 1.29 is 13.4 Å². The molecule has 4 nitrogen and oxygen atoms in total. The minimum Gasteiger partial charge on any atom is -0.342 e. The summed E-state index contributed by atoms with van der Waals surface area (Å²) in [6.07, 6.45) is 2.29. The Bertz CT molecular complexity index is 901. The van der Waals surface area contributed by atoms with Crippen LogP contribution in [0.4, 0.5) is 10.1 Å². The molecule has 0 atom stereocenters. The van der Waals surface area contributed by atoms with Gasteiger partial charge in [0.15, 0.2) is 0 Å². The highest BCUT2D eigenvalue weighted by Crippen LogP contribution is 2.25. The number of carbonyl (C=O) groups excluding carboxylic acids is 1. The van der Waals surface area contributed by atoms with Crippen LogP contribution in [0.2, 0.25) is 0 Å². The van der Waals surface area contributed by atoms with Gasteiger partial charge >= 0.3 is 0 Å². The number of aryl methyl sites for hydroxylation is 1. The maximum absolute atomic E-state index is 14.0. The second kappa shape index (κ2) is 9.08. The minimum absolute atomic E-state index is 0.0172. The summed E-state index contributed by atoms with van der Waals surface area (Å²) in [5.74, 6) is -0.415. The van der Waals surface area contributed by atoms with Gasteiger partial charge in [-0.2, -0.15) is 0 Å². The second-order valence-electron chi connectivity index (χ2n) is 8.78. The van der Waals surface area contributed by atoms with Crippen molar-refractivity contribution in [2.75, 3.05) is 30.3 Å². The number of thiol groups is 1. The first kappa shape index (κ1) is 23.1. The van der Waals surface area contributed by atoms with Crippen LogP contribution in [0.3, 0.4) is 0 Å². The van der Waals surface area contributed by atoms with Crippen LogP contribution < -0.4 is 4.72 Å². The van der Waals surface area contributed by atoms with Crippen LogP contribution in [0, 0.1) is 12.7 Å². The lowest BCUT2D eigenvalue weighted by atomic mass is 9.87. The molecule has 0 spiro atoms. The van der Waals surface area contributed by atoms with E-state index >= 15 is 0 Å². The third kappa shape index (κ3) is 6.39. The topological polar surface area (TPSA) is 49.4 Å². The predicted octanol–water partition coefficient (Wildman–Crippen LogP) is 4.57. The zero-order valence-corrected chi connectivity index (χ0v) is 19.1. The lowest BCUT2D eigenvalue weighted by Crippen LogP contribution is -2.32. The summed E-state index contributed by atoms with van der Waals surface area (Å²) < 4.78 is 30.2. The molecule has 1 amide bonds. The van der Waals surface area contributed by atoms with Crippen molar-refractivity contribution in [3.63, 3.8) is 0 Å². The maximum atomic E-state index is 14.0. The number of halogens is 1. The van der Waals surface area contributed by atoms with Gasteiger partial charge in [-0.05, 0) is 58.2 Å². The van der Waals surface area contributed by atoms with Crippen LogP contribution in [-0.4, -0.2) is 40.6 Å². The molecule has 0 radical (unpaired) electrons. The number of carbonyl (C=O) groups is 1. The normalized spacial score (nSPS) is 12.5. The number of rotatable bonds is 7. The average Bonchev–Trinajstić information content (AvgIpc) is 2.60. The highest BCUT2D eigenvalue weighted by molar-refractivity contribution is 8.03. The Morgan fingerprint density at radius 2 is 1.83 bits per heavy atom. The summed E-state index contributed by atoms with van der Waals surface area (Å²) in [5.41, 5.74) is 2.75. The van der Waals surface area contributed by atoms with E-state index < -0.39 is 15.9 Å². The van der Waals surface area contributed by atoms with Gasteiger partial charge in [-0.25, -0.2) is 4.39 Å². The second-order valence-corrected chi connectivity index (χ2v) is 11.7. The van der Waals surface area contributed by atoms with Gasteiger partial charge in [0.1, 0.15) is 5.82 Å². The van der Waals surface area contributed by atoms with E-state index in [4.69, 9.17) is 0 Å². The molecule has 0 aromatic heterocycles. The van der Waals surface area contributed by atoms with Crippen molar-refractivity contribution in [2.24, 2.45) is 0 Å². The SMILES string of the molecule is Cc1cccc(F)c1C(=O)N(C)CCC[SH](C)(=O)Nc1cccc(C(C)(C)C)c1. The van der Waals surface area contributed by atoms with E-state index in [1.54, 1.807) is 32.4 Å². The van der Waals surface area contributed by atoms with Gasteiger partial charge in [0, 0.05) is 31.3 Å². The number of nitrogens with zero attached hydrogens (tertiary/aromatic N) is 1. The summed E-state index contributed by atoms with van der Waals surface area (Å²) in [4.78, 5) is 14.1. The first-order chi connectivity index (χ1) is 13.4. The van der Waals surface area contributed by atoms with E-state index in [-0.39, 0.29) is 16.9 Å². The van der Waals surface area contributed by atoms with Crippen LogP contribution in [0.25, 0.3) is 0 Å². The van der Waals surface area contributed by atoms with E-state index in [2.05, 4.69) is 31.6 Å². The summed E-state index contributed by atoms with van der Waals surface area (Å²) in [6.45, 7) is 8.56. The maximum Gasteiger partial charge on any atom is 0.256 e. The Hall–Kier alpha value is -2.21. The molecule has 0 saturated heterocycles. The minimum atomic E-state index is -2.63. The quantitative estimate of drug-likeness (QED) is 0.645. The largest absolute Gasteiger partial charge is 0.342 e. The molecule has 6 heteroatoms. The number of hydrogen-bond acceptors (Lipinski definition) is 2. The summed E-state index contributed by atoms with van der Waals surface area (Å²) >= 11 is 0. The average molecular weight is 421 g/mol. The fraction of sp³-hybridized carbons (Fsp3) is 0.435. The van der Waals surface area contributed by atoms with E-state index in [0.717, 1.165) is 5.69 Å². The van der Waals surface area contributed by atoms with Gasteiger partial charge in [0.25, 0.3) is 5.91 Å². The zero-order valence-electron chi connectivity index (χ0n) is 18.3. The van der Waals surface area contributed by atoms with Crippen LogP contribution in [0.5, 0.6) is 0 Å². The number of benzene rings is 2. The summed E-state index contributed by atoms with van der Waals surface area (Å²) in [5, 5.41) is 0. The number of hydrogen-bond donors (Lipinski definition) is 2. The predicted molar refractivity (Wildman–Crippen MR) is 122 cm³/mol. The smallest absolute Gasteiger partial charge is 0.256 e. The van der Waals surface area contributed by atoms with Crippen LogP contribution in [0.1, 0.15) is 48.7 Å². The lowest BCUT2D eigenvalue weighted by Gasteiger charge is -2.25. The lowest BCUT2D eigenvalue weighted by molar-refractivity contribution is 0.0790. The van der Waals surface area contributed by atoms with Crippen molar-refractivity contribution in [1.29, 1.82) is 0 Å². The molecule has 2 rings (SSSR count). The van der Waals surface area contributed by atoms with Gasteiger partial charge in [-0.15, -0.1) is 0 Å². The van der Waals surface area contributed by atoms with E-state index in [1.165, 1.54) is 16.5 Å². The van der Waals surface area contributed by atoms with E-state index in [1.807, 2.05) is 18.2 Å². The standard InChI is InChI=1S/C23H33FN2O2S/c1-17-10-7-13-20(24)21(17)22(27)26(5)14-9-15-29(6,28)25-19-12-8-11-18(16-19)23(2,3)4/h7-8,10-13,16,29H,9,14-15H2,1-6H3,(H,25,28). The molecule has 0 aliphatic rings. The van der Waals surface area contributed by atoms with Crippen molar-refractivity contribution in [3.8, 4) is 0 Å². The van der Waals surface area contributed by atoms with Crippen LogP contribution >= 0.6 is 0 Å². The van der Waals surface area contributed by atoms with Crippen LogP contribution in [-0.2, 0) is 15.5 Å². The summed E-state index contributed by atoms with van der Waals surface area (Å²) in [7, 11) is -0.978. The fourth-order valence-electron chi connectivity index (χ4n) is 3.19. The van der Waals surface area contributed by atoms with Gasteiger partial charge in [0.05, 0.1) is 5.56 Å². The molecular formula is C23H33FN2O2S. The van der Waals surface area contributed by atoms with Gasteiger partial charge in [-0.3, -0.25) is 9.00 Å². The first-order valence-electron chi connectivity index (χ1n) is 9.87. The molecule has 0 aliphatic carbocycles.